The third-order valence-electron chi connectivity index (χ3n) is 5.22. The Morgan fingerprint density at radius 2 is 2.13 bits per heavy atom. The number of nitrogens with zero attached hydrogens (tertiary/aromatic N) is 2. The number of thiazole rings is 1. The van der Waals surface area contributed by atoms with Crippen molar-refractivity contribution in [3.05, 3.63) is 46.5 Å². The van der Waals surface area contributed by atoms with Crippen LogP contribution in [0.1, 0.15) is 35.4 Å². The van der Waals surface area contributed by atoms with Crippen LogP contribution in [0.3, 0.4) is 0 Å². The van der Waals surface area contributed by atoms with E-state index in [9.17, 15) is 14.4 Å². The lowest BCUT2D eigenvalue weighted by Crippen LogP contribution is -2.54. The Labute approximate surface area is 178 Å². The molecule has 1 aromatic heterocycles. The molecule has 1 aliphatic carbocycles. The first kappa shape index (κ1) is 20.5. The Bertz CT molecular complexity index is 945. The molecule has 0 spiro atoms. The van der Waals surface area contributed by atoms with E-state index >= 15 is 0 Å². The van der Waals surface area contributed by atoms with Gasteiger partial charge in [0.25, 0.3) is 5.91 Å². The molecule has 2 atom stereocenters. The van der Waals surface area contributed by atoms with E-state index in [2.05, 4.69) is 10.3 Å². The zero-order chi connectivity index (χ0) is 21.1. The molecular weight excluding hydrogens is 406 g/mol. The van der Waals surface area contributed by atoms with Gasteiger partial charge in [-0.15, -0.1) is 11.3 Å². The minimum Gasteiger partial charge on any atom is -0.465 e. The number of fused-ring (bicyclic) bond motifs is 1. The van der Waals surface area contributed by atoms with Crippen LogP contribution in [0.2, 0.25) is 0 Å². The second-order valence-corrected chi connectivity index (χ2v) is 8.28. The number of aromatic nitrogens is 1. The van der Waals surface area contributed by atoms with Gasteiger partial charge in [0.05, 0.1) is 18.9 Å². The summed E-state index contributed by atoms with van der Waals surface area (Å²) in [6.45, 7) is 2.52. The number of hydrogen-bond donors (Lipinski definition) is 1. The maximum atomic E-state index is 12.9. The van der Waals surface area contributed by atoms with Crippen LogP contribution in [-0.4, -0.2) is 53.5 Å². The van der Waals surface area contributed by atoms with E-state index in [1.807, 2.05) is 30.3 Å². The van der Waals surface area contributed by atoms with E-state index in [-0.39, 0.29) is 36.9 Å². The minimum atomic E-state index is -0.744. The maximum Gasteiger partial charge on any atom is 0.315 e. The Kier molecular flexibility index (Phi) is 6.10. The number of carbonyl (C=O) groups excluding carboxylic acids is 3. The van der Waals surface area contributed by atoms with Gasteiger partial charge in [0.1, 0.15) is 18.6 Å². The number of rotatable bonds is 6. The largest absolute Gasteiger partial charge is 0.465 e. The lowest BCUT2D eigenvalue weighted by Gasteiger charge is -2.34. The molecule has 0 unspecified atom stereocenters. The second kappa shape index (κ2) is 8.93. The number of esters is 1. The predicted octanol–water partition coefficient (Wildman–Crippen LogP) is 2.10. The number of ether oxygens (including phenoxy) is 2. The number of carbonyl (C=O) groups is 3. The fourth-order valence-corrected chi connectivity index (χ4v) is 4.78. The first-order chi connectivity index (χ1) is 14.6. The van der Waals surface area contributed by atoms with Gasteiger partial charge < -0.3 is 19.7 Å². The number of nitrogens with one attached hydrogen (secondary N) is 1. The molecule has 158 valence electrons. The van der Waals surface area contributed by atoms with Crippen LogP contribution in [0.5, 0.6) is 0 Å². The van der Waals surface area contributed by atoms with Gasteiger partial charge in [0, 0.05) is 11.4 Å². The Hall–Kier alpha value is -2.78. The van der Waals surface area contributed by atoms with Crippen molar-refractivity contribution < 1.29 is 23.9 Å². The van der Waals surface area contributed by atoms with Crippen molar-refractivity contribution >= 4 is 34.3 Å². The summed E-state index contributed by atoms with van der Waals surface area (Å²) in [5.74, 6) is -1.23. The number of amides is 2. The quantitative estimate of drug-likeness (QED) is 0.707. The first-order valence-electron chi connectivity index (χ1n) is 9.95. The molecule has 2 aromatic rings. The van der Waals surface area contributed by atoms with Gasteiger partial charge in [-0.2, -0.15) is 0 Å². The molecule has 1 N–H and O–H groups in total. The number of benzene rings is 1. The van der Waals surface area contributed by atoms with Crippen molar-refractivity contribution in [2.75, 3.05) is 25.1 Å². The molecule has 1 fully saturated rings. The van der Waals surface area contributed by atoms with Crippen molar-refractivity contribution in [1.29, 1.82) is 0 Å². The zero-order valence-electron chi connectivity index (χ0n) is 16.6. The van der Waals surface area contributed by atoms with Gasteiger partial charge in [-0.25, -0.2) is 4.98 Å². The molecule has 4 rings (SSSR count). The van der Waals surface area contributed by atoms with Crippen molar-refractivity contribution in [2.45, 2.75) is 38.3 Å². The Balaban J connectivity index is 1.47. The number of hydrogen-bond acceptors (Lipinski definition) is 7. The van der Waals surface area contributed by atoms with Gasteiger partial charge >= 0.3 is 5.97 Å². The lowest BCUT2D eigenvalue weighted by molar-refractivity contribution is -0.154. The highest BCUT2D eigenvalue weighted by Crippen LogP contribution is 2.39. The highest BCUT2D eigenvalue weighted by Gasteiger charge is 2.36. The molecule has 0 radical (unpaired) electrons. The molecule has 2 amide bonds. The molecular formula is C21H23N3O5S. The van der Waals surface area contributed by atoms with E-state index in [0.717, 1.165) is 16.9 Å². The minimum absolute atomic E-state index is 0.0383. The molecule has 30 heavy (non-hydrogen) atoms. The monoisotopic (exact) mass is 429 g/mol. The molecule has 2 heterocycles. The van der Waals surface area contributed by atoms with Crippen LogP contribution in [-0.2, 0) is 36.8 Å². The zero-order valence-corrected chi connectivity index (χ0v) is 17.4. The van der Waals surface area contributed by atoms with Crippen LogP contribution >= 0.6 is 11.3 Å². The molecule has 1 aliphatic heterocycles. The normalized spacial score (nSPS) is 20.7. The highest BCUT2D eigenvalue weighted by molar-refractivity contribution is 7.16. The van der Waals surface area contributed by atoms with Crippen LogP contribution in [0.4, 0.5) is 5.13 Å². The summed E-state index contributed by atoms with van der Waals surface area (Å²) in [5.41, 5.74) is 1.63. The summed E-state index contributed by atoms with van der Waals surface area (Å²) >= 11 is 1.36. The van der Waals surface area contributed by atoms with Gasteiger partial charge in [-0.3, -0.25) is 14.4 Å². The first-order valence-corrected chi connectivity index (χ1v) is 10.8. The SMILES string of the molecule is CCOC(=O)[C@@H]1CCc2sc(NC(=O)[C@@H]3COCC(=O)N3Cc3ccccc3)nc21. The standard InChI is InChI=1S/C21H23N3O5S/c1-2-29-20(27)14-8-9-16-18(14)22-21(30-16)23-19(26)15-11-28-12-17(25)24(15)10-13-6-4-3-5-7-13/h3-7,14-15H,2,8-12H2,1H3,(H,22,23,26)/t14-,15+/m1/s1. The summed E-state index contributed by atoms with van der Waals surface area (Å²) in [6, 6.07) is 8.78. The fourth-order valence-electron chi connectivity index (χ4n) is 3.74. The molecule has 1 aromatic carbocycles. The summed E-state index contributed by atoms with van der Waals surface area (Å²) < 4.78 is 10.5. The summed E-state index contributed by atoms with van der Waals surface area (Å²) in [6.07, 6.45) is 1.41. The summed E-state index contributed by atoms with van der Waals surface area (Å²) in [4.78, 5) is 44.5. The van der Waals surface area contributed by atoms with Crippen molar-refractivity contribution in [1.82, 2.24) is 9.88 Å². The average molecular weight is 429 g/mol. The highest BCUT2D eigenvalue weighted by atomic mass is 32.1. The Morgan fingerprint density at radius 3 is 2.90 bits per heavy atom. The van der Waals surface area contributed by atoms with Gasteiger partial charge in [-0.1, -0.05) is 30.3 Å². The second-order valence-electron chi connectivity index (χ2n) is 7.20. The maximum absolute atomic E-state index is 12.9. The van der Waals surface area contributed by atoms with Crippen molar-refractivity contribution in [2.24, 2.45) is 0 Å². The topological polar surface area (TPSA) is 97.8 Å². The van der Waals surface area contributed by atoms with E-state index in [1.54, 1.807) is 6.92 Å². The third-order valence-corrected chi connectivity index (χ3v) is 6.26. The van der Waals surface area contributed by atoms with Crippen molar-refractivity contribution in [3.63, 3.8) is 0 Å². The van der Waals surface area contributed by atoms with Crippen LogP contribution < -0.4 is 5.32 Å². The molecule has 0 bridgehead atoms. The van der Waals surface area contributed by atoms with Gasteiger partial charge in [0.15, 0.2) is 5.13 Å². The predicted molar refractivity (Wildman–Crippen MR) is 110 cm³/mol. The number of aryl methyl sites for hydroxylation is 1. The number of morpholine rings is 1. The third kappa shape index (κ3) is 4.22. The molecule has 0 saturated carbocycles. The van der Waals surface area contributed by atoms with Crippen molar-refractivity contribution in [3.8, 4) is 0 Å². The van der Waals surface area contributed by atoms with E-state index in [4.69, 9.17) is 9.47 Å². The lowest BCUT2D eigenvalue weighted by atomic mass is 10.1. The van der Waals surface area contributed by atoms with Crippen LogP contribution in [0, 0.1) is 0 Å². The van der Waals surface area contributed by atoms with Crippen LogP contribution in [0.25, 0.3) is 0 Å². The van der Waals surface area contributed by atoms with Gasteiger partial charge in [0.2, 0.25) is 5.91 Å². The van der Waals surface area contributed by atoms with Gasteiger partial charge in [-0.05, 0) is 25.3 Å². The summed E-state index contributed by atoms with van der Waals surface area (Å²) in [7, 11) is 0. The number of anilines is 1. The van der Waals surface area contributed by atoms with E-state index in [1.165, 1.54) is 16.2 Å². The summed E-state index contributed by atoms with van der Waals surface area (Å²) in [5, 5.41) is 3.24. The Morgan fingerprint density at radius 1 is 1.33 bits per heavy atom. The molecule has 1 saturated heterocycles. The average Bonchev–Trinajstić information content (AvgIpc) is 3.30. The van der Waals surface area contributed by atoms with Crippen LogP contribution in [0.15, 0.2) is 30.3 Å². The van der Waals surface area contributed by atoms with E-state index in [0.29, 0.717) is 30.4 Å². The molecule has 8 nitrogen and oxygen atoms in total. The fraction of sp³-hybridized carbons (Fsp3) is 0.429. The molecule has 2 aliphatic rings. The van der Waals surface area contributed by atoms with E-state index < -0.39 is 6.04 Å². The molecule has 9 heteroatoms. The smallest absolute Gasteiger partial charge is 0.315 e.